The molecule has 1 unspecified atom stereocenters. The van der Waals surface area contributed by atoms with Crippen LogP contribution in [0, 0.1) is 6.92 Å². The van der Waals surface area contributed by atoms with Crippen LogP contribution >= 0.6 is 0 Å². The second-order valence-electron chi connectivity index (χ2n) is 7.00. The van der Waals surface area contributed by atoms with Crippen LogP contribution in [0.15, 0.2) is 59.4 Å². The summed E-state index contributed by atoms with van der Waals surface area (Å²) >= 11 is 0. The number of hydrogen-bond donors (Lipinski definition) is 0. The van der Waals surface area contributed by atoms with Crippen molar-refractivity contribution in [2.75, 3.05) is 6.61 Å². The van der Waals surface area contributed by atoms with Gasteiger partial charge in [0.1, 0.15) is 11.9 Å². The largest absolute Gasteiger partial charge is 0.439 e. The molecule has 4 heterocycles. The molecule has 0 N–H and O–H groups in total. The molecule has 0 amide bonds. The number of aryl methyl sites for hydroxylation is 1. The lowest BCUT2D eigenvalue weighted by atomic mass is 10.2. The molecule has 150 valence electrons. The topological polar surface area (TPSA) is 96.1 Å². The van der Waals surface area contributed by atoms with E-state index in [1.165, 1.54) is 0 Å². The van der Waals surface area contributed by atoms with Crippen molar-refractivity contribution in [2.24, 2.45) is 0 Å². The summed E-state index contributed by atoms with van der Waals surface area (Å²) in [5.41, 5.74) is 2.42. The summed E-state index contributed by atoms with van der Waals surface area (Å²) in [7, 11) is 0. The zero-order valence-electron chi connectivity index (χ0n) is 16.4. The van der Waals surface area contributed by atoms with Crippen molar-refractivity contribution >= 4 is 0 Å². The van der Waals surface area contributed by atoms with Crippen LogP contribution in [0.1, 0.15) is 30.5 Å². The van der Waals surface area contributed by atoms with Crippen molar-refractivity contribution in [3.8, 4) is 34.4 Å². The van der Waals surface area contributed by atoms with Crippen molar-refractivity contribution < 1.29 is 14.0 Å². The van der Waals surface area contributed by atoms with Gasteiger partial charge in [-0.05, 0) is 44.0 Å². The van der Waals surface area contributed by atoms with E-state index in [1.54, 1.807) is 18.5 Å². The molecule has 4 aromatic rings. The van der Waals surface area contributed by atoms with Gasteiger partial charge in [-0.1, -0.05) is 17.3 Å². The molecular formula is C22H19N5O3. The molecule has 1 aliphatic heterocycles. The lowest BCUT2D eigenvalue weighted by Crippen LogP contribution is -1.96. The first kappa shape index (κ1) is 18.4. The summed E-state index contributed by atoms with van der Waals surface area (Å²) in [6, 6.07) is 13.0. The first-order valence-electron chi connectivity index (χ1n) is 9.74. The Hall–Kier alpha value is -3.65. The lowest BCUT2D eigenvalue weighted by molar-refractivity contribution is 0.0835. The van der Waals surface area contributed by atoms with E-state index in [0.717, 1.165) is 36.3 Å². The van der Waals surface area contributed by atoms with Crippen LogP contribution in [-0.2, 0) is 4.74 Å². The summed E-state index contributed by atoms with van der Waals surface area (Å²) in [5.74, 6) is 2.65. The summed E-state index contributed by atoms with van der Waals surface area (Å²) in [5, 5.41) is 4.09. The van der Waals surface area contributed by atoms with Gasteiger partial charge in [0.15, 0.2) is 5.82 Å². The van der Waals surface area contributed by atoms with Crippen molar-refractivity contribution in [1.82, 2.24) is 25.1 Å². The standard InChI is InChI=1S/C22H19N5O3/c1-14-11-19(25-20(24-14)16-6-3-9-23-13-16)29-17-7-2-5-15(12-17)21-26-22(30-27-21)18-8-4-10-28-18/h2-3,5-7,9,11-13,18H,4,8,10H2,1H3. The van der Waals surface area contributed by atoms with Gasteiger partial charge in [0.25, 0.3) is 5.89 Å². The second-order valence-corrected chi connectivity index (χ2v) is 7.00. The van der Waals surface area contributed by atoms with Crippen LogP contribution in [0.5, 0.6) is 11.6 Å². The first-order valence-corrected chi connectivity index (χ1v) is 9.74. The Morgan fingerprint density at radius 1 is 1.00 bits per heavy atom. The highest BCUT2D eigenvalue weighted by Crippen LogP contribution is 2.30. The fourth-order valence-electron chi connectivity index (χ4n) is 3.29. The van der Waals surface area contributed by atoms with E-state index < -0.39 is 0 Å². The fraction of sp³-hybridized carbons (Fsp3) is 0.227. The zero-order valence-corrected chi connectivity index (χ0v) is 16.4. The number of pyridine rings is 1. The minimum atomic E-state index is -0.111. The molecule has 0 bridgehead atoms. The molecule has 5 rings (SSSR count). The van der Waals surface area contributed by atoms with Crippen LogP contribution in [0.2, 0.25) is 0 Å². The van der Waals surface area contributed by atoms with Crippen molar-refractivity contribution in [3.63, 3.8) is 0 Å². The van der Waals surface area contributed by atoms with Gasteiger partial charge in [0, 0.05) is 41.9 Å². The first-order chi connectivity index (χ1) is 14.7. The van der Waals surface area contributed by atoms with Crippen LogP contribution in [0.25, 0.3) is 22.8 Å². The van der Waals surface area contributed by atoms with Gasteiger partial charge < -0.3 is 14.0 Å². The molecule has 3 aromatic heterocycles. The van der Waals surface area contributed by atoms with Crippen molar-refractivity contribution in [1.29, 1.82) is 0 Å². The Balaban J connectivity index is 1.39. The maximum absolute atomic E-state index is 6.01. The highest BCUT2D eigenvalue weighted by Gasteiger charge is 2.24. The smallest absolute Gasteiger partial charge is 0.256 e. The molecular weight excluding hydrogens is 382 g/mol. The third-order valence-corrected chi connectivity index (χ3v) is 4.71. The Kier molecular flexibility index (Phi) is 4.90. The minimum Gasteiger partial charge on any atom is -0.439 e. The van der Waals surface area contributed by atoms with Gasteiger partial charge in [-0.25, -0.2) is 4.98 Å². The van der Waals surface area contributed by atoms with Gasteiger partial charge in [0.2, 0.25) is 11.7 Å². The zero-order chi connectivity index (χ0) is 20.3. The Bertz CT molecular complexity index is 1160. The Labute approximate surface area is 172 Å². The van der Waals surface area contributed by atoms with Gasteiger partial charge in [-0.15, -0.1) is 0 Å². The van der Waals surface area contributed by atoms with Crippen molar-refractivity contribution in [3.05, 3.63) is 66.4 Å². The summed E-state index contributed by atoms with van der Waals surface area (Å²) in [4.78, 5) is 17.6. The molecule has 1 saturated heterocycles. The van der Waals surface area contributed by atoms with Crippen LogP contribution < -0.4 is 4.74 Å². The van der Waals surface area contributed by atoms with E-state index in [1.807, 2.05) is 43.3 Å². The van der Waals surface area contributed by atoms with E-state index >= 15 is 0 Å². The molecule has 0 spiro atoms. The molecule has 1 aromatic carbocycles. The maximum atomic E-state index is 6.01. The van der Waals surface area contributed by atoms with Gasteiger partial charge in [-0.2, -0.15) is 9.97 Å². The molecule has 0 saturated carbocycles. The van der Waals surface area contributed by atoms with E-state index in [4.69, 9.17) is 14.0 Å². The average molecular weight is 401 g/mol. The Morgan fingerprint density at radius 3 is 2.77 bits per heavy atom. The average Bonchev–Trinajstić information content (AvgIpc) is 3.46. The van der Waals surface area contributed by atoms with E-state index in [-0.39, 0.29) is 6.10 Å². The summed E-state index contributed by atoms with van der Waals surface area (Å²) in [6.07, 6.45) is 5.23. The number of nitrogens with zero attached hydrogens (tertiary/aromatic N) is 5. The molecule has 1 fully saturated rings. The molecule has 0 radical (unpaired) electrons. The normalized spacial score (nSPS) is 16.0. The highest BCUT2D eigenvalue weighted by atomic mass is 16.5. The number of rotatable bonds is 5. The van der Waals surface area contributed by atoms with Crippen molar-refractivity contribution in [2.45, 2.75) is 25.9 Å². The fourth-order valence-corrected chi connectivity index (χ4v) is 3.29. The quantitative estimate of drug-likeness (QED) is 0.481. The predicted molar refractivity (Wildman–Crippen MR) is 108 cm³/mol. The van der Waals surface area contributed by atoms with Crippen LogP contribution in [0.4, 0.5) is 0 Å². The van der Waals surface area contributed by atoms with Crippen LogP contribution in [0.3, 0.4) is 0 Å². The molecule has 8 nitrogen and oxygen atoms in total. The SMILES string of the molecule is Cc1cc(Oc2cccc(-c3noc(C4CCCO4)n3)c2)nc(-c2cccnc2)n1. The third kappa shape index (κ3) is 3.90. The second kappa shape index (κ2) is 8.00. The summed E-state index contributed by atoms with van der Waals surface area (Å²) < 4.78 is 17.0. The molecule has 8 heteroatoms. The van der Waals surface area contributed by atoms with E-state index in [2.05, 4.69) is 25.1 Å². The molecule has 1 aliphatic rings. The lowest BCUT2D eigenvalue weighted by Gasteiger charge is -2.08. The van der Waals surface area contributed by atoms with Gasteiger partial charge in [0.05, 0.1) is 0 Å². The van der Waals surface area contributed by atoms with E-state index in [9.17, 15) is 0 Å². The molecule has 1 atom stereocenters. The van der Waals surface area contributed by atoms with Gasteiger partial charge in [-0.3, -0.25) is 4.98 Å². The predicted octanol–water partition coefficient (Wildman–Crippen LogP) is 4.54. The minimum absolute atomic E-state index is 0.111. The summed E-state index contributed by atoms with van der Waals surface area (Å²) in [6.45, 7) is 2.63. The van der Waals surface area contributed by atoms with Crippen LogP contribution in [-0.4, -0.2) is 31.7 Å². The molecule has 30 heavy (non-hydrogen) atoms. The number of hydrogen-bond acceptors (Lipinski definition) is 8. The maximum Gasteiger partial charge on any atom is 0.256 e. The Morgan fingerprint density at radius 2 is 1.93 bits per heavy atom. The number of aromatic nitrogens is 5. The molecule has 0 aliphatic carbocycles. The third-order valence-electron chi connectivity index (χ3n) is 4.71. The van der Waals surface area contributed by atoms with Gasteiger partial charge >= 0.3 is 0 Å². The number of ether oxygens (including phenoxy) is 2. The highest BCUT2D eigenvalue weighted by molar-refractivity contribution is 5.57. The number of benzene rings is 1. The monoisotopic (exact) mass is 401 g/mol. The van der Waals surface area contributed by atoms with E-state index in [0.29, 0.717) is 29.2 Å².